The fourth-order valence-electron chi connectivity index (χ4n) is 2.52. The van der Waals surface area contributed by atoms with Crippen LogP contribution in [-0.4, -0.2) is 31.1 Å². The highest BCUT2D eigenvalue weighted by Gasteiger charge is 2.17. The molecule has 0 spiro atoms. The first kappa shape index (κ1) is 16.3. The van der Waals surface area contributed by atoms with E-state index in [4.69, 9.17) is 9.47 Å². The average molecular weight is 305 g/mol. The molecule has 0 bridgehead atoms. The molecule has 0 aliphatic heterocycles. The normalized spacial score (nSPS) is 14.6. The van der Waals surface area contributed by atoms with Crippen molar-refractivity contribution in [3.05, 3.63) is 29.8 Å². The first-order valence-electron chi connectivity index (χ1n) is 7.78. The maximum Gasteiger partial charge on any atom is 0.309 e. The molecule has 1 fully saturated rings. The number of hydrogen-bond acceptors (Lipinski definition) is 4. The van der Waals surface area contributed by atoms with Crippen molar-refractivity contribution in [3.8, 4) is 5.75 Å². The van der Waals surface area contributed by atoms with Crippen molar-refractivity contribution in [2.75, 3.05) is 13.2 Å². The Morgan fingerprint density at radius 2 is 2.05 bits per heavy atom. The number of carbonyl (C=O) groups excluding carboxylic acids is 2. The highest BCUT2D eigenvalue weighted by Crippen LogP contribution is 2.17. The molecule has 22 heavy (non-hydrogen) atoms. The molecule has 5 nitrogen and oxygen atoms in total. The number of rotatable bonds is 7. The summed E-state index contributed by atoms with van der Waals surface area (Å²) in [5.41, 5.74) is 1.10. The predicted octanol–water partition coefficient (Wildman–Crippen LogP) is 2.37. The molecule has 1 saturated carbocycles. The van der Waals surface area contributed by atoms with Gasteiger partial charge in [-0.25, -0.2) is 0 Å². The molecule has 0 atom stereocenters. The predicted molar refractivity (Wildman–Crippen MR) is 82.6 cm³/mol. The SMILES string of the molecule is Cc1cccc(OCCC(=O)OCC(=O)NC2CCCC2)c1. The van der Waals surface area contributed by atoms with Crippen molar-refractivity contribution in [3.63, 3.8) is 0 Å². The van der Waals surface area contributed by atoms with Gasteiger partial charge in [-0.3, -0.25) is 9.59 Å². The Labute approximate surface area is 131 Å². The monoisotopic (exact) mass is 305 g/mol. The van der Waals surface area contributed by atoms with Crippen molar-refractivity contribution >= 4 is 11.9 Å². The number of benzene rings is 1. The summed E-state index contributed by atoms with van der Waals surface area (Å²) < 4.78 is 10.4. The Balaban J connectivity index is 1.58. The van der Waals surface area contributed by atoms with Crippen LogP contribution in [-0.2, 0) is 14.3 Å². The fourth-order valence-corrected chi connectivity index (χ4v) is 2.52. The van der Waals surface area contributed by atoms with E-state index in [-0.39, 0.29) is 31.6 Å². The highest BCUT2D eigenvalue weighted by atomic mass is 16.5. The molecule has 1 aromatic carbocycles. The van der Waals surface area contributed by atoms with E-state index in [0.29, 0.717) is 0 Å². The lowest BCUT2D eigenvalue weighted by Crippen LogP contribution is -2.36. The fraction of sp³-hybridized carbons (Fsp3) is 0.529. The van der Waals surface area contributed by atoms with Gasteiger partial charge in [0, 0.05) is 6.04 Å². The lowest BCUT2D eigenvalue weighted by molar-refractivity contribution is -0.149. The van der Waals surface area contributed by atoms with Crippen LogP contribution in [0.5, 0.6) is 5.75 Å². The van der Waals surface area contributed by atoms with Gasteiger partial charge in [0.05, 0.1) is 13.0 Å². The molecule has 0 heterocycles. The third-order valence-corrected chi connectivity index (χ3v) is 3.65. The highest BCUT2D eigenvalue weighted by molar-refractivity contribution is 5.80. The average Bonchev–Trinajstić information content (AvgIpc) is 2.98. The van der Waals surface area contributed by atoms with Gasteiger partial charge >= 0.3 is 5.97 Å². The summed E-state index contributed by atoms with van der Waals surface area (Å²) >= 11 is 0. The van der Waals surface area contributed by atoms with Crippen molar-refractivity contribution in [1.29, 1.82) is 0 Å². The molecule has 1 aliphatic rings. The molecule has 0 unspecified atom stereocenters. The second kappa shape index (κ2) is 8.41. The van der Waals surface area contributed by atoms with Crippen LogP contribution in [0.3, 0.4) is 0 Å². The van der Waals surface area contributed by atoms with Crippen LogP contribution in [0.15, 0.2) is 24.3 Å². The minimum Gasteiger partial charge on any atom is -0.493 e. The Kier molecular flexibility index (Phi) is 6.25. The van der Waals surface area contributed by atoms with Crippen LogP contribution in [0, 0.1) is 6.92 Å². The van der Waals surface area contributed by atoms with Crippen LogP contribution >= 0.6 is 0 Å². The lowest BCUT2D eigenvalue weighted by Gasteiger charge is -2.12. The standard InChI is InChI=1S/C17H23NO4/c1-13-5-4-8-15(11-13)21-10-9-17(20)22-12-16(19)18-14-6-2-3-7-14/h4-5,8,11,14H,2-3,6-7,9-10,12H2,1H3,(H,18,19). The third-order valence-electron chi connectivity index (χ3n) is 3.65. The summed E-state index contributed by atoms with van der Waals surface area (Å²) in [4.78, 5) is 23.2. The summed E-state index contributed by atoms with van der Waals surface area (Å²) in [6.07, 6.45) is 4.47. The molecule has 0 saturated heterocycles. The molecule has 5 heteroatoms. The smallest absolute Gasteiger partial charge is 0.309 e. The van der Waals surface area contributed by atoms with E-state index in [1.165, 1.54) is 0 Å². The van der Waals surface area contributed by atoms with E-state index in [1.807, 2.05) is 31.2 Å². The number of esters is 1. The summed E-state index contributed by atoms with van der Waals surface area (Å²) in [5.74, 6) is 0.0841. The summed E-state index contributed by atoms with van der Waals surface area (Å²) in [5, 5.41) is 2.87. The van der Waals surface area contributed by atoms with Gasteiger partial charge in [-0.05, 0) is 37.5 Å². The van der Waals surface area contributed by atoms with E-state index in [1.54, 1.807) is 0 Å². The summed E-state index contributed by atoms with van der Waals surface area (Å²) in [6.45, 7) is 2.01. The molecular formula is C17H23NO4. The maximum atomic E-state index is 11.6. The van der Waals surface area contributed by atoms with Crippen LogP contribution in [0.1, 0.15) is 37.7 Å². The Hall–Kier alpha value is -2.04. The van der Waals surface area contributed by atoms with Crippen LogP contribution in [0.25, 0.3) is 0 Å². The number of ether oxygens (including phenoxy) is 2. The quantitative estimate of drug-likeness (QED) is 0.786. The van der Waals surface area contributed by atoms with Crippen molar-refractivity contribution in [1.82, 2.24) is 5.32 Å². The number of nitrogens with one attached hydrogen (secondary N) is 1. The van der Waals surface area contributed by atoms with Crippen molar-refractivity contribution < 1.29 is 19.1 Å². The minimum atomic E-state index is -0.422. The van der Waals surface area contributed by atoms with Gasteiger partial charge in [0.25, 0.3) is 5.91 Å². The molecular weight excluding hydrogens is 282 g/mol. The van der Waals surface area contributed by atoms with Crippen LogP contribution in [0.2, 0.25) is 0 Å². The Morgan fingerprint density at radius 3 is 2.77 bits per heavy atom. The largest absolute Gasteiger partial charge is 0.493 e. The summed E-state index contributed by atoms with van der Waals surface area (Å²) in [6, 6.07) is 7.87. The van der Waals surface area contributed by atoms with E-state index in [9.17, 15) is 9.59 Å². The zero-order chi connectivity index (χ0) is 15.8. The second-order valence-corrected chi connectivity index (χ2v) is 5.62. The Morgan fingerprint density at radius 1 is 1.27 bits per heavy atom. The van der Waals surface area contributed by atoms with E-state index >= 15 is 0 Å². The first-order valence-corrected chi connectivity index (χ1v) is 7.78. The zero-order valence-electron chi connectivity index (χ0n) is 13.0. The molecule has 120 valence electrons. The molecule has 1 aromatic rings. The molecule has 0 radical (unpaired) electrons. The van der Waals surface area contributed by atoms with E-state index in [2.05, 4.69) is 5.32 Å². The maximum absolute atomic E-state index is 11.6. The molecule has 1 aliphatic carbocycles. The zero-order valence-corrected chi connectivity index (χ0v) is 13.0. The van der Waals surface area contributed by atoms with Crippen LogP contribution < -0.4 is 10.1 Å². The van der Waals surface area contributed by atoms with Gasteiger partial charge in [-0.2, -0.15) is 0 Å². The van der Waals surface area contributed by atoms with E-state index in [0.717, 1.165) is 37.0 Å². The second-order valence-electron chi connectivity index (χ2n) is 5.62. The van der Waals surface area contributed by atoms with Gasteiger partial charge in [0.1, 0.15) is 5.75 Å². The van der Waals surface area contributed by atoms with Gasteiger partial charge < -0.3 is 14.8 Å². The number of carbonyl (C=O) groups is 2. The number of amides is 1. The lowest BCUT2D eigenvalue weighted by atomic mass is 10.2. The third kappa shape index (κ3) is 5.76. The van der Waals surface area contributed by atoms with Gasteiger partial charge in [-0.1, -0.05) is 25.0 Å². The van der Waals surface area contributed by atoms with Gasteiger partial charge in [0.2, 0.25) is 0 Å². The Bertz CT molecular complexity index is 509. The summed E-state index contributed by atoms with van der Waals surface area (Å²) in [7, 11) is 0. The van der Waals surface area contributed by atoms with E-state index < -0.39 is 5.97 Å². The van der Waals surface area contributed by atoms with Gasteiger partial charge in [-0.15, -0.1) is 0 Å². The molecule has 2 rings (SSSR count). The first-order chi connectivity index (χ1) is 10.6. The topological polar surface area (TPSA) is 64.6 Å². The number of aryl methyl sites for hydroxylation is 1. The minimum absolute atomic E-state index is 0.130. The van der Waals surface area contributed by atoms with Crippen LogP contribution in [0.4, 0.5) is 0 Å². The molecule has 1 N–H and O–H groups in total. The van der Waals surface area contributed by atoms with Crippen molar-refractivity contribution in [2.24, 2.45) is 0 Å². The van der Waals surface area contributed by atoms with Gasteiger partial charge in [0.15, 0.2) is 6.61 Å². The molecule has 1 amide bonds. The number of hydrogen-bond donors (Lipinski definition) is 1. The van der Waals surface area contributed by atoms with Crippen molar-refractivity contribution in [2.45, 2.75) is 45.1 Å². The molecule has 0 aromatic heterocycles.